The van der Waals surface area contributed by atoms with Crippen LogP contribution in [0.1, 0.15) is 19.4 Å². The highest BCUT2D eigenvalue weighted by Crippen LogP contribution is 2.32. The number of benzene rings is 2. The van der Waals surface area contributed by atoms with Crippen molar-refractivity contribution in [2.45, 2.75) is 26.3 Å². The number of fused-ring (bicyclic) bond motifs is 1. The van der Waals surface area contributed by atoms with Crippen molar-refractivity contribution in [1.29, 1.82) is 0 Å². The van der Waals surface area contributed by atoms with E-state index in [0.29, 0.717) is 5.69 Å². The van der Waals surface area contributed by atoms with E-state index in [0.717, 1.165) is 17.7 Å². The predicted molar refractivity (Wildman–Crippen MR) is 96.5 cm³/mol. The molecule has 25 heavy (non-hydrogen) atoms. The van der Waals surface area contributed by atoms with E-state index in [-0.39, 0.29) is 29.4 Å². The highest BCUT2D eigenvalue weighted by atomic mass is 35.5. The molecule has 1 unspecified atom stereocenters. The molecule has 4 nitrogen and oxygen atoms in total. The van der Waals surface area contributed by atoms with E-state index in [1.54, 1.807) is 4.90 Å². The van der Waals surface area contributed by atoms with Crippen LogP contribution in [-0.2, 0) is 16.0 Å². The number of anilines is 2. The van der Waals surface area contributed by atoms with Gasteiger partial charge in [-0.1, -0.05) is 29.8 Å². The number of rotatable bonds is 3. The molecular formula is C19H18ClFN2O2. The van der Waals surface area contributed by atoms with Gasteiger partial charge in [-0.05, 0) is 43.2 Å². The Morgan fingerprint density at radius 1 is 1.28 bits per heavy atom. The van der Waals surface area contributed by atoms with Crippen molar-refractivity contribution in [1.82, 2.24) is 0 Å². The molecule has 2 aromatic rings. The summed E-state index contributed by atoms with van der Waals surface area (Å²) in [4.78, 5) is 27.9. The highest BCUT2D eigenvalue weighted by Gasteiger charge is 2.32. The van der Waals surface area contributed by atoms with Gasteiger partial charge < -0.3 is 9.80 Å². The van der Waals surface area contributed by atoms with Gasteiger partial charge in [0, 0.05) is 24.3 Å². The van der Waals surface area contributed by atoms with Crippen LogP contribution in [0.2, 0.25) is 5.02 Å². The lowest BCUT2D eigenvalue weighted by Crippen LogP contribution is -2.44. The van der Waals surface area contributed by atoms with E-state index in [1.807, 2.05) is 31.2 Å². The number of carbonyl (C=O) groups is 2. The fourth-order valence-corrected chi connectivity index (χ4v) is 3.37. The number of hydrogen-bond acceptors (Lipinski definition) is 2. The molecule has 3 rings (SSSR count). The lowest BCUT2D eigenvalue weighted by molar-refractivity contribution is -0.121. The summed E-state index contributed by atoms with van der Waals surface area (Å²) in [5, 5.41) is -0.0870. The first kappa shape index (κ1) is 17.4. The standard InChI is InChI=1S/C19H18ClFN2O2/c1-12-9-14-5-3-4-6-18(14)23(12)19(25)11-22(13(2)24)15-7-8-17(21)16(20)10-15/h3-8,10,12H,9,11H2,1-2H3. The molecule has 0 radical (unpaired) electrons. The van der Waals surface area contributed by atoms with Gasteiger partial charge >= 0.3 is 0 Å². The van der Waals surface area contributed by atoms with Crippen LogP contribution in [-0.4, -0.2) is 24.4 Å². The predicted octanol–water partition coefficient (Wildman–Crippen LogP) is 3.81. The average Bonchev–Trinajstić information content (AvgIpc) is 2.90. The van der Waals surface area contributed by atoms with Crippen LogP contribution in [0.25, 0.3) is 0 Å². The zero-order chi connectivity index (χ0) is 18.1. The Labute approximate surface area is 150 Å². The highest BCUT2D eigenvalue weighted by molar-refractivity contribution is 6.31. The van der Waals surface area contributed by atoms with Gasteiger partial charge in [0.15, 0.2) is 0 Å². The average molecular weight is 361 g/mol. The maximum atomic E-state index is 13.4. The second-order valence-corrected chi connectivity index (χ2v) is 6.56. The van der Waals surface area contributed by atoms with Crippen LogP contribution in [0.3, 0.4) is 0 Å². The normalized spacial score (nSPS) is 15.8. The number of para-hydroxylation sites is 1. The molecule has 2 amide bonds. The first-order chi connectivity index (χ1) is 11.9. The SMILES string of the molecule is CC(=O)N(CC(=O)N1c2ccccc2CC1C)c1ccc(F)c(Cl)c1. The summed E-state index contributed by atoms with van der Waals surface area (Å²) in [6.07, 6.45) is 0.782. The third-order valence-electron chi connectivity index (χ3n) is 4.36. The Balaban J connectivity index is 1.87. The first-order valence-corrected chi connectivity index (χ1v) is 8.39. The Kier molecular flexibility index (Phi) is 4.77. The molecule has 0 aliphatic carbocycles. The number of carbonyl (C=O) groups excluding carboxylic acids is 2. The molecule has 0 fully saturated rings. The fraction of sp³-hybridized carbons (Fsp3) is 0.263. The number of halogens is 2. The van der Waals surface area contributed by atoms with Gasteiger partial charge in [-0.2, -0.15) is 0 Å². The topological polar surface area (TPSA) is 40.6 Å². The summed E-state index contributed by atoms with van der Waals surface area (Å²) < 4.78 is 13.4. The van der Waals surface area contributed by atoms with Gasteiger partial charge in [0.05, 0.1) is 5.02 Å². The van der Waals surface area contributed by atoms with Gasteiger partial charge in [-0.25, -0.2) is 4.39 Å². The quantitative estimate of drug-likeness (QED) is 0.835. The van der Waals surface area contributed by atoms with Crippen LogP contribution >= 0.6 is 11.6 Å². The molecule has 1 aliphatic heterocycles. The van der Waals surface area contributed by atoms with E-state index in [2.05, 4.69) is 0 Å². The van der Waals surface area contributed by atoms with Gasteiger partial charge in [0.25, 0.3) is 0 Å². The number of nitrogens with zero attached hydrogens (tertiary/aromatic N) is 2. The van der Waals surface area contributed by atoms with E-state index in [9.17, 15) is 14.0 Å². The van der Waals surface area contributed by atoms with Gasteiger partial charge in [0.1, 0.15) is 12.4 Å². The third kappa shape index (κ3) is 3.37. The molecule has 0 aromatic heterocycles. The lowest BCUT2D eigenvalue weighted by atomic mass is 10.1. The summed E-state index contributed by atoms with van der Waals surface area (Å²) in [5.74, 6) is -1.06. The lowest BCUT2D eigenvalue weighted by Gasteiger charge is -2.27. The van der Waals surface area contributed by atoms with Crippen molar-refractivity contribution >= 4 is 34.8 Å². The molecule has 0 saturated heterocycles. The van der Waals surface area contributed by atoms with Crippen molar-refractivity contribution in [3.63, 3.8) is 0 Å². The summed E-state index contributed by atoms with van der Waals surface area (Å²) >= 11 is 5.81. The molecule has 0 bridgehead atoms. The summed E-state index contributed by atoms with van der Waals surface area (Å²) in [6.45, 7) is 3.21. The van der Waals surface area contributed by atoms with Crippen LogP contribution in [0.5, 0.6) is 0 Å². The van der Waals surface area contributed by atoms with Gasteiger partial charge in [-0.3, -0.25) is 9.59 Å². The summed E-state index contributed by atoms with van der Waals surface area (Å²) in [5.41, 5.74) is 2.38. The number of hydrogen-bond donors (Lipinski definition) is 0. The molecule has 0 spiro atoms. The monoisotopic (exact) mass is 360 g/mol. The molecule has 0 N–H and O–H groups in total. The Morgan fingerprint density at radius 3 is 2.68 bits per heavy atom. The zero-order valence-electron chi connectivity index (χ0n) is 14.0. The van der Waals surface area contributed by atoms with Crippen molar-refractivity contribution in [3.05, 3.63) is 58.9 Å². The summed E-state index contributed by atoms with van der Waals surface area (Å²) in [6, 6.07) is 11.7. The number of amides is 2. The Morgan fingerprint density at radius 2 is 2.00 bits per heavy atom. The largest absolute Gasteiger partial charge is 0.307 e. The second kappa shape index (κ2) is 6.84. The molecule has 2 aromatic carbocycles. The minimum absolute atomic E-state index is 0.0236. The minimum atomic E-state index is -0.567. The molecule has 1 aliphatic rings. The maximum Gasteiger partial charge on any atom is 0.247 e. The molecular weight excluding hydrogens is 343 g/mol. The zero-order valence-corrected chi connectivity index (χ0v) is 14.8. The van der Waals surface area contributed by atoms with Gasteiger partial charge in [-0.15, -0.1) is 0 Å². The van der Waals surface area contributed by atoms with E-state index < -0.39 is 5.82 Å². The molecule has 1 heterocycles. The van der Waals surface area contributed by atoms with Crippen molar-refractivity contribution in [3.8, 4) is 0 Å². The summed E-state index contributed by atoms with van der Waals surface area (Å²) in [7, 11) is 0. The fourth-order valence-electron chi connectivity index (χ4n) is 3.19. The molecule has 1 atom stereocenters. The molecule has 130 valence electrons. The van der Waals surface area contributed by atoms with Crippen LogP contribution in [0, 0.1) is 5.82 Å². The Hall–Kier alpha value is -2.40. The molecule has 0 saturated carbocycles. The van der Waals surface area contributed by atoms with Crippen LogP contribution in [0.4, 0.5) is 15.8 Å². The van der Waals surface area contributed by atoms with Crippen molar-refractivity contribution in [2.75, 3.05) is 16.3 Å². The van der Waals surface area contributed by atoms with E-state index in [1.165, 1.54) is 30.0 Å². The van der Waals surface area contributed by atoms with Gasteiger partial charge in [0.2, 0.25) is 11.8 Å². The third-order valence-corrected chi connectivity index (χ3v) is 4.65. The first-order valence-electron chi connectivity index (χ1n) is 8.01. The minimum Gasteiger partial charge on any atom is -0.307 e. The van der Waals surface area contributed by atoms with Crippen molar-refractivity contribution in [2.24, 2.45) is 0 Å². The smallest absolute Gasteiger partial charge is 0.247 e. The van der Waals surface area contributed by atoms with Crippen molar-refractivity contribution < 1.29 is 14.0 Å². The van der Waals surface area contributed by atoms with Crippen LogP contribution in [0.15, 0.2) is 42.5 Å². The van der Waals surface area contributed by atoms with E-state index >= 15 is 0 Å². The molecule has 6 heteroatoms. The van der Waals surface area contributed by atoms with Crippen LogP contribution < -0.4 is 9.80 Å². The maximum absolute atomic E-state index is 13.4. The Bertz CT molecular complexity index is 840. The second-order valence-electron chi connectivity index (χ2n) is 6.15. The van der Waals surface area contributed by atoms with E-state index in [4.69, 9.17) is 11.6 Å².